The molecule has 0 bridgehead atoms. The topological polar surface area (TPSA) is 53.7 Å². The molecular weight excluding hydrogens is 218 g/mol. The van der Waals surface area contributed by atoms with Crippen molar-refractivity contribution in [3.8, 4) is 0 Å². The van der Waals surface area contributed by atoms with Crippen LogP contribution in [0.25, 0.3) is 0 Å². The third kappa shape index (κ3) is 15.8. The van der Waals surface area contributed by atoms with Crippen LogP contribution in [0, 0.1) is 0 Å². The normalized spacial score (nSPS) is 10.9. The molecule has 0 aromatic carbocycles. The van der Waals surface area contributed by atoms with Gasteiger partial charge in [0.05, 0.1) is 13.2 Å². The van der Waals surface area contributed by atoms with Gasteiger partial charge in [0, 0.05) is 26.4 Å². The first kappa shape index (κ1) is 16.8. The van der Waals surface area contributed by atoms with Gasteiger partial charge >= 0.3 is 0 Å². The lowest BCUT2D eigenvalue weighted by Gasteiger charge is -2.06. The van der Waals surface area contributed by atoms with Crippen LogP contribution in [0.15, 0.2) is 0 Å². The van der Waals surface area contributed by atoms with Gasteiger partial charge in [-0.3, -0.25) is 0 Å². The maximum Gasteiger partial charge on any atom is 0.0700 e. The first-order chi connectivity index (χ1) is 8.41. The minimum Gasteiger partial charge on any atom is -0.381 e. The highest BCUT2D eigenvalue weighted by Crippen LogP contribution is 1.93. The van der Waals surface area contributed by atoms with Crippen LogP contribution in [-0.2, 0) is 14.2 Å². The second-order valence-corrected chi connectivity index (χ2v) is 4.04. The van der Waals surface area contributed by atoms with Gasteiger partial charge in [0.2, 0.25) is 0 Å². The van der Waals surface area contributed by atoms with Crippen molar-refractivity contribution in [1.82, 2.24) is 0 Å². The second kappa shape index (κ2) is 15.8. The number of hydrogen-bond donors (Lipinski definition) is 1. The highest BCUT2D eigenvalue weighted by Gasteiger charge is 1.92. The maximum atomic E-state index is 5.44. The van der Waals surface area contributed by atoms with Crippen LogP contribution in [-0.4, -0.2) is 46.2 Å². The summed E-state index contributed by atoms with van der Waals surface area (Å²) in [5, 5.41) is 0. The van der Waals surface area contributed by atoms with Gasteiger partial charge in [-0.2, -0.15) is 0 Å². The molecule has 0 fully saturated rings. The molecule has 0 radical (unpaired) electrons. The third-order valence-corrected chi connectivity index (χ3v) is 2.33. The molecule has 0 aliphatic carbocycles. The van der Waals surface area contributed by atoms with Crippen LogP contribution in [0.5, 0.6) is 0 Å². The Bertz CT molecular complexity index is 120. The Morgan fingerprint density at radius 3 is 1.65 bits per heavy atom. The molecule has 0 unspecified atom stereocenters. The predicted molar refractivity (Wildman–Crippen MR) is 70.3 cm³/mol. The molecular formula is C13H29NO3. The summed E-state index contributed by atoms with van der Waals surface area (Å²) in [6, 6.07) is 0. The average molecular weight is 247 g/mol. The largest absolute Gasteiger partial charge is 0.381 e. The Kier molecular flexibility index (Phi) is 15.7. The zero-order valence-electron chi connectivity index (χ0n) is 11.3. The lowest BCUT2D eigenvalue weighted by Crippen LogP contribution is -2.07. The maximum absolute atomic E-state index is 5.44. The van der Waals surface area contributed by atoms with Gasteiger partial charge < -0.3 is 19.9 Å². The summed E-state index contributed by atoms with van der Waals surface area (Å²) in [7, 11) is 0. The Morgan fingerprint density at radius 2 is 1.12 bits per heavy atom. The Hall–Kier alpha value is -0.160. The van der Waals surface area contributed by atoms with Gasteiger partial charge in [0.15, 0.2) is 0 Å². The molecule has 0 amide bonds. The zero-order chi connectivity index (χ0) is 12.6. The van der Waals surface area contributed by atoms with Crippen LogP contribution >= 0.6 is 0 Å². The molecule has 0 aromatic rings. The number of rotatable bonds is 14. The summed E-state index contributed by atoms with van der Waals surface area (Å²) < 4.78 is 16.2. The van der Waals surface area contributed by atoms with Crippen molar-refractivity contribution in [3.05, 3.63) is 0 Å². The van der Waals surface area contributed by atoms with Crippen LogP contribution in [0.2, 0.25) is 0 Å². The zero-order valence-corrected chi connectivity index (χ0v) is 11.3. The Balaban J connectivity index is 2.85. The molecule has 0 heterocycles. The van der Waals surface area contributed by atoms with E-state index in [1.807, 2.05) is 0 Å². The van der Waals surface area contributed by atoms with Gasteiger partial charge in [0.25, 0.3) is 0 Å². The van der Waals surface area contributed by atoms with Gasteiger partial charge in [-0.25, -0.2) is 0 Å². The minimum atomic E-state index is 0.706. The fourth-order valence-corrected chi connectivity index (χ4v) is 1.26. The fourth-order valence-electron chi connectivity index (χ4n) is 1.26. The average Bonchev–Trinajstić information content (AvgIpc) is 2.35. The standard InChI is InChI=1S/C13H29NO3/c1-2-3-8-16-12-13-17-10-5-4-9-15-11-6-7-14/h2-14H2,1H3. The number of unbranched alkanes of at least 4 members (excludes halogenated alkanes) is 2. The molecule has 0 aliphatic rings. The smallest absolute Gasteiger partial charge is 0.0700 e. The van der Waals surface area contributed by atoms with Gasteiger partial charge in [-0.05, 0) is 32.2 Å². The molecule has 0 rings (SSSR count). The van der Waals surface area contributed by atoms with E-state index in [4.69, 9.17) is 19.9 Å². The second-order valence-electron chi connectivity index (χ2n) is 4.04. The van der Waals surface area contributed by atoms with Crippen molar-refractivity contribution in [3.63, 3.8) is 0 Å². The number of hydrogen-bond acceptors (Lipinski definition) is 4. The van der Waals surface area contributed by atoms with Gasteiger partial charge in [-0.1, -0.05) is 13.3 Å². The molecule has 4 nitrogen and oxygen atoms in total. The van der Waals surface area contributed by atoms with Gasteiger partial charge in [-0.15, -0.1) is 0 Å². The monoisotopic (exact) mass is 247 g/mol. The van der Waals surface area contributed by atoms with E-state index in [2.05, 4.69) is 6.92 Å². The Labute approximate surface area is 106 Å². The number of ether oxygens (including phenoxy) is 3. The van der Waals surface area contributed by atoms with Gasteiger partial charge in [0.1, 0.15) is 0 Å². The van der Waals surface area contributed by atoms with Crippen molar-refractivity contribution >= 4 is 0 Å². The molecule has 0 saturated carbocycles. The fraction of sp³-hybridized carbons (Fsp3) is 1.00. The van der Waals surface area contributed by atoms with E-state index in [9.17, 15) is 0 Å². The molecule has 0 atom stereocenters. The van der Waals surface area contributed by atoms with E-state index in [0.29, 0.717) is 19.8 Å². The quantitative estimate of drug-likeness (QED) is 0.477. The lowest BCUT2D eigenvalue weighted by atomic mass is 10.3. The first-order valence-electron chi connectivity index (χ1n) is 6.85. The third-order valence-electron chi connectivity index (χ3n) is 2.33. The molecule has 0 aromatic heterocycles. The van der Waals surface area contributed by atoms with E-state index in [1.165, 1.54) is 6.42 Å². The SMILES string of the molecule is CCCCOCCOCCCCOCCCN. The van der Waals surface area contributed by atoms with E-state index < -0.39 is 0 Å². The molecule has 0 aliphatic heterocycles. The van der Waals surface area contributed by atoms with E-state index in [1.54, 1.807) is 0 Å². The molecule has 2 N–H and O–H groups in total. The molecule has 104 valence electrons. The van der Waals surface area contributed by atoms with E-state index >= 15 is 0 Å². The first-order valence-corrected chi connectivity index (χ1v) is 6.85. The van der Waals surface area contributed by atoms with E-state index in [-0.39, 0.29) is 0 Å². The van der Waals surface area contributed by atoms with Crippen LogP contribution < -0.4 is 5.73 Å². The summed E-state index contributed by atoms with van der Waals surface area (Å²) in [6.07, 6.45) is 5.38. The van der Waals surface area contributed by atoms with Crippen LogP contribution in [0.3, 0.4) is 0 Å². The van der Waals surface area contributed by atoms with Crippen LogP contribution in [0.1, 0.15) is 39.0 Å². The van der Waals surface area contributed by atoms with Crippen molar-refractivity contribution in [2.45, 2.75) is 39.0 Å². The molecule has 0 spiro atoms. The molecule has 0 saturated heterocycles. The summed E-state index contributed by atoms with van der Waals surface area (Å²) in [6.45, 7) is 7.55. The summed E-state index contributed by atoms with van der Waals surface area (Å²) >= 11 is 0. The summed E-state index contributed by atoms with van der Waals surface area (Å²) in [5.74, 6) is 0. The van der Waals surface area contributed by atoms with Crippen molar-refractivity contribution in [1.29, 1.82) is 0 Å². The molecule has 4 heteroatoms. The highest BCUT2D eigenvalue weighted by atomic mass is 16.5. The van der Waals surface area contributed by atoms with Crippen molar-refractivity contribution in [2.24, 2.45) is 5.73 Å². The lowest BCUT2D eigenvalue weighted by molar-refractivity contribution is 0.0422. The summed E-state index contributed by atoms with van der Waals surface area (Å²) in [4.78, 5) is 0. The van der Waals surface area contributed by atoms with E-state index in [0.717, 1.165) is 52.1 Å². The highest BCUT2D eigenvalue weighted by molar-refractivity contribution is 4.41. The number of nitrogens with two attached hydrogens (primary N) is 1. The molecule has 17 heavy (non-hydrogen) atoms. The Morgan fingerprint density at radius 1 is 0.647 bits per heavy atom. The van der Waals surface area contributed by atoms with Crippen molar-refractivity contribution in [2.75, 3.05) is 46.2 Å². The van der Waals surface area contributed by atoms with Crippen molar-refractivity contribution < 1.29 is 14.2 Å². The minimum absolute atomic E-state index is 0.706. The predicted octanol–water partition coefficient (Wildman–Crippen LogP) is 1.97. The van der Waals surface area contributed by atoms with Crippen LogP contribution in [0.4, 0.5) is 0 Å². The summed E-state index contributed by atoms with van der Waals surface area (Å²) in [5.41, 5.74) is 5.36.